The van der Waals surface area contributed by atoms with Crippen LogP contribution in [0.2, 0.25) is 0 Å². The summed E-state index contributed by atoms with van der Waals surface area (Å²) >= 11 is 0. The summed E-state index contributed by atoms with van der Waals surface area (Å²) in [6, 6.07) is 3.53. The summed E-state index contributed by atoms with van der Waals surface area (Å²) in [5.74, 6) is -0.679. The Hall–Kier alpha value is -2.04. The molecule has 0 aliphatic carbocycles. The van der Waals surface area contributed by atoms with E-state index < -0.39 is 5.97 Å². The van der Waals surface area contributed by atoms with E-state index >= 15 is 0 Å². The number of aromatic nitrogens is 1. The third-order valence-corrected chi connectivity index (χ3v) is 2.28. The van der Waals surface area contributed by atoms with Gasteiger partial charge in [-0.05, 0) is 24.1 Å². The number of amides is 1. The quantitative estimate of drug-likeness (QED) is 0.749. The van der Waals surface area contributed by atoms with Gasteiger partial charge in [0.05, 0.1) is 0 Å². The molecular formula is C13H18N2O3. The Balaban J connectivity index is 2.59. The van der Waals surface area contributed by atoms with E-state index in [2.05, 4.69) is 5.32 Å². The van der Waals surface area contributed by atoms with Gasteiger partial charge in [0.25, 0.3) is 0 Å². The minimum absolute atomic E-state index is 0.0788. The molecule has 1 rings (SSSR count). The number of nitrogens with zero attached hydrogens (tertiary/aromatic N) is 1. The van der Waals surface area contributed by atoms with Crippen molar-refractivity contribution in [2.24, 2.45) is 5.92 Å². The summed E-state index contributed by atoms with van der Waals surface area (Å²) in [4.78, 5) is 22.1. The second-order valence-electron chi connectivity index (χ2n) is 4.43. The highest BCUT2D eigenvalue weighted by Crippen LogP contribution is 2.04. The van der Waals surface area contributed by atoms with E-state index in [0.29, 0.717) is 18.2 Å². The Morgan fingerprint density at radius 1 is 1.50 bits per heavy atom. The fourth-order valence-corrected chi connectivity index (χ4v) is 1.41. The Kier molecular flexibility index (Phi) is 5.17. The lowest BCUT2D eigenvalue weighted by Crippen LogP contribution is -2.30. The molecule has 0 radical (unpaired) electrons. The molecule has 1 heterocycles. The Bertz CT molecular complexity index is 447. The smallest absolute Gasteiger partial charge is 0.328 e. The molecule has 0 aliphatic rings. The van der Waals surface area contributed by atoms with E-state index in [9.17, 15) is 9.59 Å². The standard InChI is InChI=1S/C13H18N2O3/c1-10(2)8-14-12(16)9-15-7-3-4-11(15)5-6-13(17)18/h3-7,10H,8-9H2,1-2H3,(H,14,16)(H,17,18)/b6-5+. The van der Waals surface area contributed by atoms with Crippen LogP contribution in [0.3, 0.4) is 0 Å². The summed E-state index contributed by atoms with van der Waals surface area (Å²) < 4.78 is 1.70. The van der Waals surface area contributed by atoms with Gasteiger partial charge in [0, 0.05) is 24.5 Å². The second kappa shape index (κ2) is 6.64. The van der Waals surface area contributed by atoms with E-state index in [1.807, 2.05) is 13.8 Å². The van der Waals surface area contributed by atoms with E-state index in [0.717, 1.165) is 6.08 Å². The van der Waals surface area contributed by atoms with Gasteiger partial charge in [-0.25, -0.2) is 4.79 Å². The molecule has 0 unspecified atom stereocenters. The van der Waals surface area contributed by atoms with Gasteiger partial charge in [-0.3, -0.25) is 4.79 Å². The van der Waals surface area contributed by atoms with Gasteiger partial charge < -0.3 is 15.0 Å². The largest absolute Gasteiger partial charge is 0.478 e. The fraction of sp³-hybridized carbons (Fsp3) is 0.385. The highest BCUT2D eigenvalue weighted by atomic mass is 16.4. The van der Waals surface area contributed by atoms with Crippen molar-refractivity contribution in [3.05, 3.63) is 30.1 Å². The van der Waals surface area contributed by atoms with E-state index in [1.54, 1.807) is 22.9 Å². The lowest BCUT2D eigenvalue weighted by molar-refractivity contribution is -0.131. The first-order valence-electron chi connectivity index (χ1n) is 5.82. The number of carboxylic acid groups (broad SMARTS) is 1. The Labute approximate surface area is 106 Å². The molecule has 0 atom stereocenters. The molecule has 0 saturated heterocycles. The lowest BCUT2D eigenvalue weighted by atomic mass is 10.2. The minimum atomic E-state index is -1.01. The highest BCUT2D eigenvalue weighted by molar-refractivity contribution is 5.85. The van der Waals surface area contributed by atoms with Crippen LogP contribution in [0.4, 0.5) is 0 Å². The van der Waals surface area contributed by atoms with Crippen molar-refractivity contribution < 1.29 is 14.7 Å². The van der Waals surface area contributed by atoms with Gasteiger partial charge in [0.2, 0.25) is 5.91 Å². The fourth-order valence-electron chi connectivity index (χ4n) is 1.41. The maximum Gasteiger partial charge on any atom is 0.328 e. The normalized spacial score (nSPS) is 11.1. The molecular weight excluding hydrogens is 232 g/mol. The molecule has 1 amide bonds. The maximum absolute atomic E-state index is 11.6. The maximum atomic E-state index is 11.6. The monoisotopic (exact) mass is 250 g/mol. The van der Waals surface area contributed by atoms with Gasteiger partial charge in [-0.15, -0.1) is 0 Å². The first-order chi connectivity index (χ1) is 8.49. The molecule has 98 valence electrons. The van der Waals surface area contributed by atoms with Crippen molar-refractivity contribution >= 4 is 18.0 Å². The minimum Gasteiger partial charge on any atom is -0.478 e. The van der Waals surface area contributed by atoms with Crippen molar-refractivity contribution in [3.8, 4) is 0 Å². The van der Waals surface area contributed by atoms with Gasteiger partial charge in [-0.2, -0.15) is 0 Å². The Morgan fingerprint density at radius 3 is 2.83 bits per heavy atom. The topological polar surface area (TPSA) is 71.3 Å². The van der Waals surface area contributed by atoms with Crippen LogP contribution in [0, 0.1) is 5.92 Å². The molecule has 0 fully saturated rings. The van der Waals surface area contributed by atoms with Gasteiger partial charge in [0.1, 0.15) is 6.54 Å². The average molecular weight is 250 g/mol. The van der Waals surface area contributed by atoms with Crippen molar-refractivity contribution in [1.82, 2.24) is 9.88 Å². The molecule has 5 heteroatoms. The number of carboxylic acids is 1. The average Bonchev–Trinajstić information content (AvgIpc) is 2.71. The predicted molar refractivity (Wildman–Crippen MR) is 68.9 cm³/mol. The molecule has 0 saturated carbocycles. The number of rotatable bonds is 6. The van der Waals surface area contributed by atoms with Crippen LogP contribution in [0.25, 0.3) is 6.08 Å². The van der Waals surface area contributed by atoms with E-state index in [1.165, 1.54) is 6.08 Å². The molecule has 2 N–H and O–H groups in total. The zero-order valence-corrected chi connectivity index (χ0v) is 10.6. The van der Waals surface area contributed by atoms with E-state index in [-0.39, 0.29) is 12.5 Å². The van der Waals surface area contributed by atoms with E-state index in [4.69, 9.17) is 5.11 Å². The molecule has 0 aromatic carbocycles. The number of aliphatic carboxylic acids is 1. The van der Waals surface area contributed by atoms with Gasteiger partial charge in [-0.1, -0.05) is 13.8 Å². The van der Waals surface area contributed by atoms with Crippen molar-refractivity contribution in [1.29, 1.82) is 0 Å². The molecule has 0 aliphatic heterocycles. The zero-order chi connectivity index (χ0) is 13.5. The number of carbonyl (C=O) groups is 2. The van der Waals surface area contributed by atoms with Gasteiger partial charge >= 0.3 is 5.97 Å². The van der Waals surface area contributed by atoms with Crippen LogP contribution in [-0.2, 0) is 16.1 Å². The molecule has 5 nitrogen and oxygen atoms in total. The first-order valence-corrected chi connectivity index (χ1v) is 5.82. The predicted octanol–water partition coefficient (Wildman–Crippen LogP) is 1.36. The van der Waals surface area contributed by atoms with Crippen LogP contribution in [0.15, 0.2) is 24.4 Å². The number of carbonyl (C=O) groups excluding carboxylic acids is 1. The molecule has 18 heavy (non-hydrogen) atoms. The van der Waals surface area contributed by atoms with Gasteiger partial charge in [0.15, 0.2) is 0 Å². The number of nitrogens with one attached hydrogen (secondary N) is 1. The van der Waals surface area contributed by atoms with Crippen LogP contribution < -0.4 is 5.32 Å². The summed E-state index contributed by atoms with van der Waals surface area (Å²) in [6.07, 6.45) is 4.27. The number of hydrogen-bond donors (Lipinski definition) is 2. The first kappa shape index (κ1) is 14.0. The van der Waals surface area contributed by atoms with Crippen LogP contribution in [0.5, 0.6) is 0 Å². The molecule has 0 bridgehead atoms. The third-order valence-electron chi connectivity index (χ3n) is 2.28. The molecule has 1 aromatic rings. The summed E-state index contributed by atoms with van der Waals surface area (Å²) in [5.41, 5.74) is 0.692. The summed E-state index contributed by atoms with van der Waals surface area (Å²) in [7, 11) is 0. The zero-order valence-electron chi connectivity index (χ0n) is 10.6. The highest BCUT2D eigenvalue weighted by Gasteiger charge is 2.05. The van der Waals surface area contributed by atoms with Crippen LogP contribution >= 0.6 is 0 Å². The lowest BCUT2D eigenvalue weighted by Gasteiger charge is -2.09. The Morgan fingerprint density at radius 2 is 2.22 bits per heavy atom. The second-order valence-corrected chi connectivity index (χ2v) is 4.43. The molecule has 1 aromatic heterocycles. The van der Waals surface area contributed by atoms with Crippen molar-refractivity contribution in [3.63, 3.8) is 0 Å². The summed E-state index contributed by atoms with van der Waals surface area (Å²) in [6.45, 7) is 4.88. The van der Waals surface area contributed by atoms with Crippen molar-refractivity contribution in [2.45, 2.75) is 20.4 Å². The summed E-state index contributed by atoms with van der Waals surface area (Å²) in [5, 5.41) is 11.4. The van der Waals surface area contributed by atoms with Crippen LogP contribution in [-0.4, -0.2) is 28.1 Å². The third kappa shape index (κ3) is 4.86. The molecule has 0 spiro atoms. The van der Waals surface area contributed by atoms with Crippen LogP contribution in [0.1, 0.15) is 19.5 Å². The SMILES string of the molecule is CC(C)CNC(=O)Cn1cccc1/C=C/C(=O)O. The van der Waals surface area contributed by atoms with Crippen molar-refractivity contribution in [2.75, 3.05) is 6.54 Å². The number of hydrogen-bond acceptors (Lipinski definition) is 2.